The molecule has 0 atom stereocenters. The quantitative estimate of drug-likeness (QED) is 0.162. The summed E-state index contributed by atoms with van der Waals surface area (Å²) in [6, 6.07) is 79.2. The smallest absolute Gasteiger partial charge is 0.164 e. The molecule has 0 aliphatic carbocycles. The second kappa shape index (κ2) is 14.7. The van der Waals surface area contributed by atoms with Gasteiger partial charge in [0, 0.05) is 49.6 Å². The Labute approximate surface area is 358 Å². The number of rotatable bonds is 7. The van der Waals surface area contributed by atoms with Crippen LogP contribution >= 0.6 is 0 Å². The third kappa shape index (κ3) is 6.06. The summed E-state index contributed by atoms with van der Waals surface area (Å²) in [6.07, 6.45) is 0. The molecule has 0 saturated heterocycles. The zero-order valence-corrected chi connectivity index (χ0v) is 33.6. The SMILES string of the molecule is c1ccc(-c2ccc(-c3nc(-c4ccc(-n5c6ccccc6c6cc(-n7c8ccccc8c8ccccc87)ccc65)cc4)nc(-c4cccc(-c5ccccc5)c4)n3)cc2)cc1. The fourth-order valence-electron chi connectivity index (χ4n) is 9.01. The summed E-state index contributed by atoms with van der Waals surface area (Å²) in [5.74, 6) is 1.87. The summed E-state index contributed by atoms with van der Waals surface area (Å²) in [7, 11) is 0. The van der Waals surface area contributed by atoms with Gasteiger partial charge in [-0.15, -0.1) is 0 Å². The predicted molar refractivity (Wildman–Crippen MR) is 256 cm³/mol. The van der Waals surface area contributed by atoms with Crippen molar-refractivity contribution in [2.24, 2.45) is 0 Å². The van der Waals surface area contributed by atoms with Crippen molar-refractivity contribution in [2.75, 3.05) is 0 Å². The minimum atomic E-state index is 0.617. The maximum Gasteiger partial charge on any atom is 0.164 e. The number of nitrogens with zero attached hydrogens (tertiary/aromatic N) is 5. The second-order valence-corrected chi connectivity index (χ2v) is 15.7. The molecule has 0 unspecified atom stereocenters. The number of benzene rings is 9. The molecule has 5 nitrogen and oxygen atoms in total. The number of hydrogen-bond acceptors (Lipinski definition) is 3. The first-order valence-electron chi connectivity index (χ1n) is 20.9. The van der Waals surface area contributed by atoms with E-state index >= 15 is 0 Å². The van der Waals surface area contributed by atoms with Crippen molar-refractivity contribution >= 4 is 43.6 Å². The van der Waals surface area contributed by atoms with E-state index in [2.05, 4.69) is 221 Å². The maximum atomic E-state index is 5.14. The lowest BCUT2D eigenvalue weighted by Crippen LogP contribution is -2.01. The van der Waals surface area contributed by atoms with Gasteiger partial charge in [-0.2, -0.15) is 0 Å². The second-order valence-electron chi connectivity index (χ2n) is 15.7. The maximum absolute atomic E-state index is 5.14. The van der Waals surface area contributed by atoms with Gasteiger partial charge < -0.3 is 9.13 Å². The molecular weight excluding hydrogens is 755 g/mol. The number of hydrogen-bond donors (Lipinski definition) is 0. The van der Waals surface area contributed by atoms with Crippen LogP contribution in [0.5, 0.6) is 0 Å². The Hall–Kier alpha value is -8.41. The fraction of sp³-hybridized carbons (Fsp3) is 0. The summed E-state index contributed by atoms with van der Waals surface area (Å²) >= 11 is 0. The van der Waals surface area contributed by atoms with Crippen LogP contribution in [0, 0.1) is 0 Å². The Morgan fingerprint density at radius 2 is 0.597 bits per heavy atom. The van der Waals surface area contributed by atoms with Gasteiger partial charge in [0.05, 0.1) is 22.1 Å². The van der Waals surface area contributed by atoms with Crippen molar-refractivity contribution in [3.63, 3.8) is 0 Å². The molecule has 0 aliphatic rings. The first-order valence-corrected chi connectivity index (χ1v) is 20.9. The summed E-state index contributed by atoms with van der Waals surface area (Å²) in [4.78, 5) is 15.4. The van der Waals surface area contributed by atoms with Crippen molar-refractivity contribution in [3.05, 3.63) is 224 Å². The third-order valence-corrected chi connectivity index (χ3v) is 12.0. The molecule has 0 radical (unpaired) electrons. The monoisotopic (exact) mass is 791 g/mol. The minimum absolute atomic E-state index is 0.617. The van der Waals surface area contributed by atoms with Gasteiger partial charge in [0.25, 0.3) is 0 Å². The largest absolute Gasteiger partial charge is 0.309 e. The fourth-order valence-corrected chi connectivity index (χ4v) is 9.01. The van der Waals surface area contributed by atoms with E-state index in [1.165, 1.54) is 38.1 Å². The van der Waals surface area contributed by atoms with Crippen LogP contribution < -0.4 is 0 Å². The van der Waals surface area contributed by atoms with Crippen LogP contribution in [0.3, 0.4) is 0 Å². The summed E-state index contributed by atoms with van der Waals surface area (Å²) in [5, 5.41) is 4.92. The number of fused-ring (bicyclic) bond motifs is 6. The molecule has 0 spiro atoms. The lowest BCUT2D eigenvalue weighted by molar-refractivity contribution is 1.07. The molecule has 5 heteroatoms. The number of aromatic nitrogens is 5. The van der Waals surface area contributed by atoms with Gasteiger partial charge in [-0.1, -0.05) is 158 Å². The molecule has 0 aliphatic heterocycles. The summed E-state index contributed by atoms with van der Waals surface area (Å²) in [6.45, 7) is 0. The molecule has 3 heterocycles. The van der Waals surface area contributed by atoms with Crippen LogP contribution in [0.2, 0.25) is 0 Å². The van der Waals surface area contributed by atoms with Gasteiger partial charge in [0.15, 0.2) is 17.5 Å². The summed E-state index contributed by atoms with van der Waals surface area (Å²) in [5.41, 5.74) is 14.2. The van der Waals surface area contributed by atoms with Crippen LogP contribution in [0.25, 0.3) is 111 Å². The highest BCUT2D eigenvalue weighted by Crippen LogP contribution is 2.37. The van der Waals surface area contributed by atoms with Gasteiger partial charge in [0.1, 0.15) is 0 Å². The average Bonchev–Trinajstić information content (AvgIpc) is 3.87. The highest BCUT2D eigenvalue weighted by Gasteiger charge is 2.18. The molecule has 3 aromatic heterocycles. The van der Waals surface area contributed by atoms with Gasteiger partial charge in [0.2, 0.25) is 0 Å². The number of para-hydroxylation sites is 3. The molecule has 12 aromatic rings. The Bertz CT molecular complexity index is 3550. The zero-order valence-electron chi connectivity index (χ0n) is 33.6. The lowest BCUT2D eigenvalue weighted by atomic mass is 10.0. The normalized spacial score (nSPS) is 11.5. The van der Waals surface area contributed by atoms with Crippen molar-refractivity contribution in [3.8, 4) is 67.8 Å². The van der Waals surface area contributed by atoms with E-state index in [1.54, 1.807) is 0 Å². The first kappa shape index (κ1) is 35.5. The van der Waals surface area contributed by atoms with Crippen molar-refractivity contribution in [1.29, 1.82) is 0 Å². The molecule has 0 amide bonds. The Morgan fingerprint density at radius 1 is 0.226 bits per heavy atom. The van der Waals surface area contributed by atoms with E-state index in [4.69, 9.17) is 15.0 Å². The third-order valence-electron chi connectivity index (χ3n) is 12.0. The molecular formula is C57H37N5. The van der Waals surface area contributed by atoms with Gasteiger partial charge in [-0.05, 0) is 89.0 Å². The van der Waals surface area contributed by atoms with Gasteiger partial charge in [-0.25, -0.2) is 15.0 Å². The molecule has 290 valence electrons. The average molecular weight is 792 g/mol. The Kier molecular flexibility index (Phi) is 8.42. The molecule has 0 bridgehead atoms. The van der Waals surface area contributed by atoms with Crippen molar-refractivity contribution in [1.82, 2.24) is 24.1 Å². The highest BCUT2D eigenvalue weighted by molar-refractivity contribution is 6.12. The van der Waals surface area contributed by atoms with Crippen LogP contribution in [0.4, 0.5) is 0 Å². The molecule has 62 heavy (non-hydrogen) atoms. The zero-order chi connectivity index (χ0) is 41.0. The van der Waals surface area contributed by atoms with Crippen LogP contribution in [0.1, 0.15) is 0 Å². The van der Waals surface area contributed by atoms with Crippen LogP contribution in [0.15, 0.2) is 224 Å². The molecule has 9 aromatic carbocycles. The van der Waals surface area contributed by atoms with Crippen LogP contribution in [-0.2, 0) is 0 Å². The van der Waals surface area contributed by atoms with Crippen LogP contribution in [-0.4, -0.2) is 24.1 Å². The van der Waals surface area contributed by atoms with Gasteiger partial charge >= 0.3 is 0 Å². The predicted octanol–water partition coefficient (Wildman–Crippen LogP) is 14.4. The Morgan fingerprint density at radius 3 is 1.18 bits per heavy atom. The lowest BCUT2D eigenvalue weighted by Gasteiger charge is -2.12. The molecule has 0 N–H and O–H groups in total. The van der Waals surface area contributed by atoms with E-state index in [0.29, 0.717) is 17.5 Å². The minimum Gasteiger partial charge on any atom is -0.309 e. The summed E-state index contributed by atoms with van der Waals surface area (Å²) < 4.78 is 4.75. The van der Waals surface area contributed by atoms with E-state index in [1.807, 2.05) is 12.1 Å². The van der Waals surface area contributed by atoms with Crippen molar-refractivity contribution < 1.29 is 0 Å². The van der Waals surface area contributed by atoms with E-state index in [-0.39, 0.29) is 0 Å². The highest BCUT2D eigenvalue weighted by atomic mass is 15.0. The topological polar surface area (TPSA) is 48.5 Å². The molecule has 12 rings (SSSR count). The molecule has 0 fully saturated rings. The van der Waals surface area contributed by atoms with E-state index in [9.17, 15) is 0 Å². The Balaban J connectivity index is 0.964. The van der Waals surface area contributed by atoms with E-state index in [0.717, 1.165) is 55.8 Å². The first-order chi connectivity index (χ1) is 30.7. The van der Waals surface area contributed by atoms with E-state index < -0.39 is 0 Å². The molecule has 0 saturated carbocycles. The van der Waals surface area contributed by atoms with Gasteiger partial charge in [-0.3, -0.25) is 0 Å². The standard InChI is InChI=1S/C57H37N5/c1-3-14-38(15-4-1)40-26-28-41(29-27-40)55-58-56(60-57(59-55)44-19-13-18-43(36-44)39-16-5-2-6-17-39)42-30-32-45(33-31-42)61-53-25-12-9-22-49(53)50-37-46(34-35-54(50)61)62-51-23-10-7-20-47(51)48-21-8-11-24-52(48)62/h1-37H. The van der Waals surface area contributed by atoms with Crippen molar-refractivity contribution in [2.45, 2.75) is 0 Å².